The van der Waals surface area contributed by atoms with Gasteiger partial charge in [-0.15, -0.1) is 0 Å². The molecule has 2 N–H and O–H groups in total. The van der Waals surface area contributed by atoms with Gasteiger partial charge < -0.3 is 15.1 Å². The Bertz CT molecular complexity index is 383. The molecule has 0 unspecified atom stereocenters. The summed E-state index contributed by atoms with van der Waals surface area (Å²) in [6.07, 6.45) is 5.24. The molecule has 0 saturated heterocycles. The van der Waals surface area contributed by atoms with Crippen molar-refractivity contribution in [1.29, 1.82) is 0 Å². The van der Waals surface area contributed by atoms with Gasteiger partial charge in [-0.05, 0) is 12.0 Å². The maximum atomic E-state index is 11.6. The number of carbonyl (C=O) groups excluding carboxylic acids is 2. The summed E-state index contributed by atoms with van der Waals surface area (Å²) < 4.78 is 4.81. The number of furan rings is 1. The largest absolute Gasteiger partial charge is 0.472 e. The minimum absolute atomic E-state index is 0.0283. The maximum absolute atomic E-state index is 11.6. The van der Waals surface area contributed by atoms with Gasteiger partial charge >= 0.3 is 0 Å². The van der Waals surface area contributed by atoms with Crippen LogP contribution in [-0.2, 0) is 4.79 Å². The molecule has 0 aliphatic rings. The third-order valence-electron chi connectivity index (χ3n) is 3.16. The van der Waals surface area contributed by atoms with Gasteiger partial charge in [0.05, 0.1) is 11.8 Å². The highest BCUT2D eigenvalue weighted by Gasteiger charge is 2.09. The second-order valence-electron chi connectivity index (χ2n) is 4.50. The van der Waals surface area contributed by atoms with Gasteiger partial charge in [0.15, 0.2) is 0 Å². The first-order valence-electron chi connectivity index (χ1n) is 6.74. The lowest BCUT2D eigenvalue weighted by atomic mass is 10.0. The number of amides is 2. The monoisotopic (exact) mass is 266 g/mol. The Morgan fingerprint density at radius 1 is 1.26 bits per heavy atom. The minimum Gasteiger partial charge on any atom is -0.472 e. The second-order valence-corrected chi connectivity index (χ2v) is 4.50. The van der Waals surface area contributed by atoms with E-state index in [1.54, 1.807) is 6.07 Å². The van der Waals surface area contributed by atoms with Gasteiger partial charge in [0.1, 0.15) is 6.26 Å². The molecule has 0 fully saturated rings. The van der Waals surface area contributed by atoms with E-state index in [1.165, 1.54) is 12.5 Å². The van der Waals surface area contributed by atoms with Crippen LogP contribution >= 0.6 is 0 Å². The summed E-state index contributed by atoms with van der Waals surface area (Å²) in [5.74, 6) is 0.283. The van der Waals surface area contributed by atoms with Crippen molar-refractivity contribution in [3.8, 4) is 0 Å². The van der Waals surface area contributed by atoms with E-state index in [9.17, 15) is 9.59 Å². The molecule has 0 aliphatic heterocycles. The quantitative estimate of drug-likeness (QED) is 0.755. The molecular weight excluding hydrogens is 244 g/mol. The first kappa shape index (κ1) is 15.3. The molecule has 0 radical (unpaired) electrons. The Hall–Kier alpha value is -1.78. The van der Waals surface area contributed by atoms with Crippen LogP contribution in [0.15, 0.2) is 23.0 Å². The van der Waals surface area contributed by atoms with Crippen LogP contribution in [0.25, 0.3) is 0 Å². The van der Waals surface area contributed by atoms with Crippen molar-refractivity contribution < 1.29 is 14.0 Å². The molecule has 2 amide bonds. The topological polar surface area (TPSA) is 71.3 Å². The summed E-state index contributed by atoms with van der Waals surface area (Å²) in [6.45, 7) is 5.27. The van der Waals surface area contributed by atoms with Crippen LogP contribution < -0.4 is 10.6 Å². The fourth-order valence-corrected chi connectivity index (χ4v) is 1.71. The fraction of sp³-hybridized carbons (Fsp3) is 0.571. The first-order chi connectivity index (χ1) is 9.17. The van der Waals surface area contributed by atoms with E-state index in [4.69, 9.17) is 4.42 Å². The summed E-state index contributed by atoms with van der Waals surface area (Å²) >= 11 is 0. The van der Waals surface area contributed by atoms with E-state index in [0.717, 1.165) is 12.8 Å². The Morgan fingerprint density at radius 2 is 2.00 bits per heavy atom. The Morgan fingerprint density at radius 3 is 2.58 bits per heavy atom. The zero-order valence-corrected chi connectivity index (χ0v) is 11.6. The number of hydrogen-bond acceptors (Lipinski definition) is 3. The van der Waals surface area contributed by atoms with E-state index >= 15 is 0 Å². The van der Waals surface area contributed by atoms with Gasteiger partial charge in [-0.2, -0.15) is 0 Å². The minimum atomic E-state index is -0.221. The van der Waals surface area contributed by atoms with Crippen molar-refractivity contribution in [2.45, 2.75) is 33.1 Å². The third-order valence-corrected chi connectivity index (χ3v) is 3.16. The zero-order chi connectivity index (χ0) is 14.1. The van der Waals surface area contributed by atoms with Gasteiger partial charge in [0, 0.05) is 19.5 Å². The average molecular weight is 266 g/mol. The molecule has 5 nitrogen and oxygen atoms in total. The van der Waals surface area contributed by atoms with Gasteiger partial charge in [-0.1, -0.05) is 26.7 Å². The van der Waals surface area contributed by atoms with E-state index in [1.807, 2.05) is 0 Å². The molecule has 1 heterocycles. The SMILES string of the molecule is CCC(CC)CNC(=O)CCNC(=O)c1ccoc1. The normalized spacial score (nSPS) is 10.5. The molecule has 5 heteroatoms. The molecule has 0 aromatic carbocycles. The standard InChI is InChI=1S/C14H22N2O3/c1-3-11(4-2)9-16-13(17)5-7-15-14(18)12-6-8-19-10-12/h6,8,10-11H,3-5,7,9H2,1-2H3,(H,15,18)(H,16,17). The molecule has 0 atom stereocenters. The third kappa shape index (κ3) is 5.59. The van der Waals surface area contributed by atoms with Crippen molar-refractivity contribution in [2.75, 3.05) is 13.1 Å². The number of hydrogen-bond donors (Lipinski definition) is 2. The van der Waals surface area contributed by atoms with E-state index in [2.05, 4.69) is 24.5 Å². The summed E-state index contributed by atoms with van der Waals surface area (Å²) in [6, 6.07) is 1.59. The highest BCUT2D eigenvalue weighted by Crippen LogP contribution is 2.05. The van der Waals surface area contributed by atoms with Crippen LogP contribution in [0, 0.1) is 5.92 Å². The van der Waals surface area contributed by atoms with E-state index in [0.29, 0.717) is 31.0 Å². The van der Waals surface area contributed by atoms with Gasteiger partial charge in [-0.3, -0.25) is 9.59 Å². The van der Waals surface area contributed by atoms with E-state index < -0.39 is 0 Å². The van der Waals surface area contributed by atoms with Gasteiger partial charge in [-0.25, -0.2) is 0 Å². The highest BCUT2D eigenvalue weighted by molar-refractivity contribution is 5.93. The molecule has 1 aromatic heterocycles. The summed E-state index contributed by atoms with van der Waals surface area (Å²) in [5.41, 5.74) is 0.470. The van der Waals surface area contributed by atoms with Crippen LogP contribution in [0.4, 0.5) is 0 Å². The Labute approximate surface area is 113 Å². The molecule has 19 heavy (non-hydrogen) atoms. The van der Waals surface area contributed by atoms with Crippen molar-refractivity contribution >= 4 is 11.8 Å². The average Bonchev–Trinajstić information content (AvgIpc) is 2.93. The Kier molecular flexibility index (Phi) is 6.71. The predicted molar refractivity (Wildman–Crippen MR) is 72.7 cm³/mol. The fourth-order valence-electron chi connectivity index (χ4n) is 1.71. The van der Waals surface area contributed by atoms with Crippen molar-refractivity contribution in [3.63, 3.8) is 0 Å². The summed E-state index contributed by atoms with van der Waals surface area (Å²) in [4.78, 5) is 23.1. The summed E-state index contributed by atoms with van der Waals surface area (Å²) in [5, 5.41) is 5.56. The molecule has 0 spiro atoms. The van der Waals surface area contributed by atoms with Gasteiger partial charge in [0.25, 0.3) is 5.91 Å². The van der Waals surface area contributed by atoms with Crippen LogP contribution in [-0.4, -0.2) is 24.9 Å². The van der Waals surface area contributed by atoms with Crippen molar-refractivity contribution in [2.24, 2.45) is 5.92 Å². The molecule has 0 aliphatic carbocycles. The highest BCUT2D eigenvalue weighted by atomic mass is 16.3. The molecule has 106 valence electrons. The smallest absolute Gasteiger partial charge is 0.254 e. The number of rotatable bonds is 8. The van der Waals surface area contributed by atoms with Crippen LogP contribution in [0.3, 0.4) is 0 Å². The summed E-state index contributed by atoms with van der Waals surface area (Å²) in [7, 11) is 0. The van der Waals surface area contributed by atoms with Crippen LogP contribution in [0.5, 0.6) is 0 Å². The second kappa shape index (κ2) is 8.34. The van der Waals surface area contributed by atoms with Gasteiger partial charge in [0.2, 0.25) is 5.91 Å². The molecule has 1 aromatic rings. The van der Waals surface area contributed by atoms with Crippen LogP contribution in [0.1, 0.15) is 43.5 Å². The lowest BCUT2D eigenvalue weighted by Crippen LogP contribution is -2.33. The Balaban J connectivity index is 2.15. The van der Waals surface area contributed by atoms with E-state index in [-0.39, 0.29) is 11.8 Å². The number of nitrogens with one attached hydrogen (secondary N) is 2. The van der Waals surface area contributed by atoms with Crippen molar-refractivity contribution in [1.82, 2.24) is 10.6 Å². The first-order valence-corrected chi connectivity index (χ1v) is 6.74. The van der Waals surface area contributed by atoms with Crippen LogP contribution in [0.2, 0.25) is 0 Å². The zero-order valence-electron chi connectivity index (χ0n) is 11.6. The lowest BCUT2D eigenvalue weighted by Gasteiger charge is -2.13. The maximum Gasteiger partial charge on any atom is 0.254 e. The van der Waals surface area contributed by atoms with Crippen molar-refractivity contribution in [3.05, 3.63) is 24.2 Å². The molecule has 0 bridgehead atoms. The lowest BCUT2D eigenvalue weighted by molar-refractivity contribution is -0.121. The number of carbonyl (C=O) groups is 2. The molecule has 1 rings (SSSR count). The molecular formula is C14H22N2O3. The molecule has 0 saturated carbocycles. The predicted octanol–water partition coefficient (Wildman–Crippen LogP) is 1.95.